The van der Waals surface area contributed by atoms with Crippen LogP contribution in [0.2, 0.25) is 0 Å². The van der Waals surface area contributed by atoms with Gasteiger partial charge >= 0.3 is 0 Å². The molecule has 0 aliphatic carbocycles. The summed E-state index contributed by atoms with van der Waals surface area (Å²) in [6, 6.07) is 20.4. The Hall–Kier alpha value is -1.45. The fourth-order valence-corrected chi connectivity index (χ4v) is 4.02. The number of piperidine rings is 1. The van der Waals surface area contributed by atoms with Gasteiger partial charge in [0.25, 0.3) is 0 Å². The maximum absolute atomic E-state index is 3.73. The number of hydrogen-bond donors (Lipinski definition) is 1. The molecule has 1 saturated heterocycles. The third-order valence-electron chi connectivity index (χ3n) is 4.55. The molecule has 0 saturated carbocycles. The smallest absolute Gasteiger partial charge is 0.0527 e. The first-order valence-electron chi connectivity index (χ1n) is 7.95. The van der Waals surface area contributed by atoms with Crippen molar-refractivity contribution in [3.8, 4) is 0 Å². The summed E-state index contributed by atoms with van der Waals surface area (Å²) < 4.78 is 0. The largest absolute Gasteiger partial charge is 0.369 e. The number of nitrogens with zero attached hydrogens (tertiary/aromatic N) is 1. The van der Waals surface area contributed by atoms with E-state index in [-0.39, 0.29) is 0 Å². The molecular weight excluding hydrogens is 288 g/mol. The molecule has 0 spiro atoms. The highest BCUT2D eigenvalue weighted by atomic mass is 32.2. The van der Waals surface area contributed by atoms with Crippen LogP contribution >= 0.6 is 11.8 Å². The highest BCUT2D eigenvalue weighted by Crippen LogP contribution is 2.34. The Bertz CT molecular complexity index is 599. The Morgan fingerprint density at radius 1 is 1.05 bits per heavy atom. The summed E-state index contributed by atoms with van der Waals surface area (Å²) in [5.74, 6) is 0. The van der Waals surface area contributed by atoms with E-state index < -0.39 is 0 Å². The number of anilines is 1. The van der Waals surface area contributed by atoms with Gasteiger partial charge in [-0.3, -0.25) is 0 Å². The first-order valence-corrected chi connectivity index (χ1v) is 9.18. The van der Waals surface area contributed by atoms with E-state index in [1.807, 2.05) is 11.8 Å². The van der Waals surface area contributed by atoms with Gasteiger partial charge in [0, 0.05) is 18.0 Å². The van der Waals surface area contributed by atoms with Gasteiger partial charge in [0.15, 0.2) is 0 Å². The van der Waals surface area contributed by atoms with Crippen LogP contribution in [0, 0.1) is 0 Å². The summed E-state index contributed by atoms with van der Waals surface area (Å²) in [6.45, 7) is 1.11. The van der Waals surface area contributed by atoms with Crippen LogP contribution in [0.3, 0.4) is 0 Å². The van der Waals surface area contributed by atoms with Crippen molar-refractivity contribution < 1.29 is 0 Å². The molecule has 0 bridgehead atoms. The van der Waals surface area contributed by atoms with Crippen molar-refractivity contribution in [2.75, 3.05) is 24.7 Å². The number of hydrogen-bond acceptors (Lipinski definition) is 3. The molecule has 3 rings (SSSR count). The molecule has 2 nitrogen and oxygen atoms in total. The summed E-state index contributed by atoms with van der Waals surface area (Å²) in [5, 5.41) is 3.73. The fraction of sp³-hybridized carbons (Fsp3) is 0.368. The average Bonchev–Trinajstić information content (AvgIpc) is 2.62. The van der Waals surface area contributed by atoms with Gasteiger partial charge in [-0.1, -0.05) is 42.5 Å². The molecule has 0 aromatic heterocycles. The van der Waals surface area contributed by atoms with Gasteiger partial charge in [-0.05, 0) is 43.3 Å². The van der Waals surface area contributed by atoms with Crippen LogP contribution in [-0.2, 0) is 0 Å². The third kappa shape index (κ3) is 3.16. The van der Waals surface area contributed by atoms with Crippen molar-refractivity contribution in [1.82, 2.24) is 5.32 Å². The Kier molecular flexibility index (Phi) is 5.06. The first kappa shape index (κ1) is 15.4. The SMILES string of the molecule is CSc1ccccc1N(C)[C@@H]1CCCN[C@@H]1c1ccccc1. The highest BCUT2D eigenvalue weighted by Gasteiger charge is 2.30. The summed E-state index contributed by atoms with van der Waals surface area (Å²) in [6.07, 6.45) is 4.62. The van der Waals surface area contributed by atoms with E-state index in [4.69, 9.17) is 0 Å². The van der Waals surface area contributed by atoms with Gasteiger partial charge in [-0.2, -0.15) is 0 Å². The van der Waals surface area contributed by atoms with E-state index >= 15 is 0 Å². The molecule has 1 aliphatic heterocycles. The predicted octanol–water partition coefficient (Wildman–Crippen LogP) is 4.34. The molecule has 0 radical (unpaired) electrons. The number of thioether (sulfide) groups is 1. The molecule has 3 heteroatoms. The molecule has 1 N–H and O–H groups in total. The number of likely N-dealkylation sites (N-methyl/N-ethyl adjacent to an activating group) is 1. The van der Waals surface area contributed by atoms with Crippen LogP contribution in [-0.4, -0.2) is 25.9 Å². The van der Waals surface area contributed by atoms with Gasteiger partial charge in [0.2, 0.25) is 0 Å². The molecule has 1 heterocycles. The van der Waals surface area contributed by atoms with Crippen molar-refractivity contribution in [2.24, 2.45) is 0 Å². The molecule has 22 heavy (non-hydrogen) atoms. The molecule has 0 unspecified atom stereocenters. The number of nitrogens with one attached hydrogen (secondary N) is 1. The van der Waals surface area contributed by atoms with Gasteiger partial charge in [-0.25, -0.2) is 0 Å². The second-order valence-electron chi connectivity index (χ2n) is 5.83. The van der Waals surface area contributed by atoms with E-state index in [1.165, 1.54) is 29.0 Å². The maximum Gasteiger partial charge on any atom is 0.0527 e. The lowest BCUT2D eigenvalue weighted by Gasteiger charge is -2.40. The Morgan fingerprint density at radius 3 is 2.55 bits per heavy atom. The maximum atomic E-state index is 3.73. The van der Waals surface area contributed by atoms with Crippen molar-refractivity contribution >= 4 is 17.4 Å². The second-order valence-corrected chi connectivity index (χ2v) is 6.68. The first-order chi connectivity index (χ1) is 10.8. The van der Waals surface area contributed by atoms with E-state index in [1.54, 1.807) is 0 Å². The topological polar surface area (TPSA) is 15.3 Å². The van der Waals surface area contributed by atoms with Crippen LogP contribution in [0.1, 0.15) is 24.4 Å². The lowest BCUT2D eigenvalue weighted by molar-refractivity contribution is 0.348. The molecule has 1 aliphatic rings. The van der Waals surface area contributed by atoms with Crippen molar-refractivity contribution in [3.05, 3.63) is 60.2 Å². The summed E-state index contributed by atoms with van der Waals surface area (Å²) in [5.41, 5.74) is 2.73. The van der Waals surface area contributed by atoms with E-state index in [2.05, 4.69) is 78.1 Å². The van der Waals surface area contributed by atoms with Crippen LogP contribution in [0.5, 0.6) is 0 Å². The van der Waals surface area contributed by atoms with Crippen molar-refractivity contribution in [3.63, 3.8) is 0 Å². The summed E-state index contributed by atoms with van der Waals surface area (Å²) >= 11 is 1.82. The molecular formula is C19H24N2S. The number of para-hydroxylation sites is 1. The molecule has 2 aromatic carbocycles. The van der Waals surface area contributed by atoms with E-state index in [0.29, 0.717) is 12.1 Å². The quantitative estimate of drug-likeness (QED) is 0.846. The minimum atomic E-state index is 0.398. The Balaban J connectivity index is 1.90. The second kappa shape index (κ2) is 7.21. The molecule has 116 valence electrons. The van der Waals surface area contributed by atoms with E-state index in [9.17, 15) is 0 Å². The lowest BCUT2D eigenvalue weighted by Crippen LogP contribution is -2.47. The Labute approximate surface area is 137 Å². The monoisotopic (exact) mass is 312 g/mol. The van der Waals surface area contributed by atoms with Crippen molar-refractivity contribution in [2.45, 2.75) is 29.8 Å². The fourth-order valence-electron chi connectivity index (χ4n) is 3.39. The van der Waals surface area contributed by atoms with Crippen LogP contribution in [0.25, 0.3) is 0 Å². The number of rotatable bonds is 4. The van der Waals surface area contributed by atoms with Gasteiger partial charge < -0.3 is 10.2 Å². The molecule has 2 atom stereocenters. The third-order valence-corrected chi connectivity index (χ3v) is 5.33. The van der Waals surface area contributed by atoms with E-state index in [0.717, 1.165) is 6.54 Å². The zero-order valence-electron chi connectivity index (χ0n) is 13.3. The van der Waals surface area contributed by atoms with Crippen molar-refractivity contribution in [1.29, 1.82) is 0 Å². The minimum Gasteiger partial charge on any atom is -0.369 e. The van der Waals surface area contributed by atoms with Gasteiger partial charge in [0.05, 0.1) is 11.7 Å². The number of benzene rings is 2. The van der Waals surface area contributed by atoms with Crippen LogP contribution < -0.4 is 10.2 Å². The predicted molar refractivity (Wildman–Crippen MR) is 96.8 cm³/mol. The lowest BCUT2D eigenvalue weighted by atomic mass is 9.91. The highest BCUT2D eigenvalue weighted by molar-refractivity contribution is 7.98. The van der Waals surface area contributed by atoms with Gasteiger partial charge in [-0.15, -0.1) is 11.8 Å². The minimum absolute atomic E-state index is 0.398. The van der Waals surface area contributed by atoms with Crippen LogP contribution in [0.4, 0.5) is 5.69 Å². The normalized spacial score (nSPS) is 21.5. The average molecular weight is 312 g/mol. The van der Waals surface area contributed by atoms with Gasteiger partial charge in [0.1, 0.15) is 0 Å². The van der Waals surface area contributed by atoms with Crippen LogP contribution in [0.15, 0.2) is 59.5 Å². The Morgan fingerprint density at radius 2 is 1.77 bits per heavy atom. The standard InChI is InChI=1S/C19H24N2S/c1-21(16-11-6-7-13-18(16)22-2)17-12-8-14-20-19(17)15-9-4-3-5-10-15/h3-7,9-11,13,17,19-20H,8,12,14H2,1-2H3/t17-,19-/m1/s1. The summed E-state index contributed by atoms with van der Waals surface area (Å²) in [4.78, 5) is 3.82. The zero-order valence-corrected chi connectivity index (χ0v) is 14.1. The molecule has 1 fully saturated rings. The zero-order chi connectivity index (χ0) is 15.4. The molecule has 2 aromatic rings. The summed E-state index contributed by atoms with van der Waals surface area (Å²) in [7, 11) is 2.24. The molecule has 0 amide bonds.